The minimum absolute atomic E-state index is 0.0837. The molecular weight excluding hydrogens is 534 g/mol. The van der Waals surface area contributed by atoms with Gasteiger partial charge >= 0.3 is 0 Å². The normalized spacial score (nSPS) is 15.9. The molecule has 0 saturated carbocycles. The molecule has 11 heteroatoms. The second kappa shape index (κ2) is 11.8. The first kappa shape index (κ1) is 27.3. The molecule has 1 aromatic heterocycles. The molecule has 8 nitrogen and oxygen atoms in total. The molecule has 38 heavy (non-hydrogen) atoms. The number of pyridine rings is 1. The van der Waals surface area contributed by atoms with Crippen LogP contribution in [-0.2, 0) is 9.53 Å². The summed E-state index contributed by atoms with van der Waals surface area (Å²) in [4.78, 5) is 38.1. The Hall–Kier alpha value is -3.71. The van der Waals surface area contributed by atoms with Crippen LogP contribution in [0.2, 0.25) is 10.0 Å². The zero-order chi connectivity index (χ0) is 27.4. The van der Waals surface area contributed by atoms with Gasteiger partial charge in [0.25, 0.3) is 11.5 Å². The lowest BCUT2D eigenvalue weighted by molar-refractivity contribution is -0.121. The van der Waals surface area contributed by atoms with Gasteiger partial charge in [-0.15, -0.1) is 0 Å². The van der Waals surface area contributed by atoms with Crippen molar-refractivity contribution in [1.82, 2.24) is 4.57 Å². The van der Waals surface area contributed by atoms with E-state index >= 15 is 0 Å². The lowest BCUT2D eigenvalue weighted by atomic mass is 9.99. The van der Waals surface area contributed by atoms with Crippen molar-refractivity contribution in [3.63, 3.8) is 0 Å². The number of hydrogen-bond acceptors (Lipinski definition) is 5. The first-order valence-electron chi connectivity index (χ1n) is 11.8. The van der Waals surface area contributed by atoms with E-state index in [4.69, 9.17) is 33.7 Å². The Bertz CT molecular complexity index is 1500. The van der Waals surface area contributed by atoms with Crippen molar-refractivity contribution in [3.8, 4) is 17.2 Å². The summed E-state index contributed by atoms with van der Waals surface area (Å²) in [5, 5.41) is 12.6. The number of nitrogens with zero attached hydrogens (tertiary/aromatic N) is 2. The summed E-state index contributed by atoms with van der Waals surface area (Å²) in [6.45, 7) is 0.541. The molecule has 2 atom stereocenters. The van der Waals surface area contributed by atoms with Crippen LogP contribution in [0.15, 0.2) is 53.5 Å². The number of benzene rings is 2. The SMILES string of the molecule is N#Cc1ccc(Cl)cc1-c1cc(=O)n(C(C[C@@H]2CCCCO2)C(=O)Nc2ccc(C(N)=O)c(F)c2)cc1Cl. The summed E-state index contributed by atoms with van der Waals surface area (Å²) in [5.41, 5.74) is 5.34. The Kier molecular flexibility index (Phi) is 8.47. The van der Waals surface area contributed by atoms with E-state index in [1.54, 1.807) is 6.07 Å². The summed E-state index contributed by atoms with van der Waals surface area (Å²) in [5.74, 6) is -2.42. The van der Waals surface area contributed by atoms with Crippen molar-refractivity contribution in [2.75, 3.05) is 11.9 Å². The van der Waals surface area contributed by atoms with Crippen LogP contribution in [0.4, 0.5) is 10.1 Å². The zero-order valence-electron chi connectivity index (χ0n) is 20.0. The lowest BCUT2D eigenvalue weighted by Gasteiger charge is -2.28. The number of hydrogen-bond donors (Lipinski definition) is 2. The van der Waals surface area contributed by atoms with E-state index in [0.717, 1.165) is 18.9 Å². The average molecular weight is 557 g/mol. The second-order valence-electron chi connectivity index (χ2n) is 8.87. The van der Waals surface area contributed by atoms with Gasteiger partial charge in [0.05, 0.1) is 28.3 Å². The maximum absolute atomic E-state index is 14.3. The Morgan fingerprint density at radius 2 is 1.97 bits per heavy atom. The fourth-order valence-electron chi connectivity index (χ4n) is 4.42. The monoisotopic (exact) mass is 556 g/mol. The summed E-state index contributed by atoms with van der Waals surface area (Å²) in [6, 6.07) is 10.4. The Morgan fingerprint density at radius 1 is 1.18 bits per heavy atom. The van der Waals surface area contributed by atoms with Gasteiger partial charge in [-0.1, -0.05) is 23.2 Å². The third kappa shape index (κ3) is 6.05. The first-order chi connectivity index (χ1) is 18.2. The molecular formula is C27H23Cl2FN4O4. The van der Waals surface area contributed by atoms with Crippen LogP contribution < -0.4 is 16.6 Å². The number of nitrogens with one attached hydrogen (secondary N) is 1. The van der Waals surface area contributed by atoms with Crippen molar-refractivity contribution in [2.24, 2.45) is 5.73 Å². The smallest absolute Gasteiger partial charge is 0.251 e. The predicted octanol–water partition coefficient (Wildman–Crippen LogP) is 5.07. The molecule has 2 amide bonds. The summed E-state index contributed by atoms with van der Waals surface area (Å²) < 4.78 is 21.3. The second-order valence-corrected chi connectivity index (χ2v) is 9.71. The number of halogens is 3. The van der Waals surface area contributed by atoms with Gasteiger partial charge in [-0.25, -0.2) is 4.39 Å². The molecule has 2 heterocycles. The number of aromatic nitrogens is 1. The molecule has 0 spiro atoms. The number of carbonyl (C=O) groups excluding carboxylic acids is 2. The zero-order valence-corrected chi connectivity index (χ0v) is 21.6. The standard InChI is InChI=1S/C27H23Cl2FN4O4/c28-16-5-4-15(13-31)20(9-16)21-12-25(35)34(14-22(21)29)24(11-18-3-1-2-8-38-18)27(37)33-17-6-7-19(26(32)36)23(30)10-17/h4-7,9-10,12,14,18,24H,1-3,8,11H2,(H2,32,36)(H,33,37)/t18-,24?/m0/s1. The molecule has 1 aliphatic rings. The van der Waals surface area contributed by atoms with E-state index in [-0.39, 0.29) is 34.4 Å². The van der Waals surface area contributed by atoms with Crippen molar-refractivity contribution in [2.45, 2.75) is 37.8 Å². The first-order valence-corrected chi connectivity index (χ1v) is 12.6. The van der Waals surface area contributed by atoms with Crippen molar-refractivity contribution in [3.05, 3.63) is 86.0 Å². The van der Waals surface area contributed by atoms with Gasteiger partial charge in [-0.05, 0) is 55.7 Å². The summed E-state index contributed by atoms with van der Waals surface area (Å²) >= 11 is 12.7. The average Bonchev–Trinajstić information content (AvgIpc) is 2.89. The Balaban J connectivity index is 1.72. The summed E-state index contributed by atoms with van der Waals surface area (Å²) in [7, 11) is 0. The van der Waals surface area contributed by atoms with Gasteiger partial charge in [0, 0.05) is 47.1 Å². The molecule has 1 unspecified atom stereocenters. The number of rotatable bonds is 7. The third-order valence-corrected chi connectivity index (χ3v) is 6.86. The van der Waals surface area contributed by atoms with Crippen LogP contribution >= 0.6 is 23.2 Å². The Morgan fingerprint density at radius 3 is 2.63 bits per heavy atom. The number of primary amides is 1. The van der Waals surface area contributed by atoms with Crippen LogP contribution in [0.3, 0.4) is 0 Å². The number of carbonyl (C=O) groups is 2. The van der Waals surface area contributed by atoms with E-state index in [9.17, 15) is 24.0 Å². The fourth-order valence-corrected chi connectivity index (χ4v) is 4.85. The molecule has 1 saturated heterocycles. The van der Waals surface area contributed by atoms with E-state index in [0.29, 0.717) is 29.2 Å². The highest BCUT2D eigenvalue weighted by Crippen LogP contribution is 2.33. The maximum Gasteiger partial charge on any atom is 0.251 e. The highest BCUT2D eigenvalue weighted by molar-refractivity contribution is 6.34. The van der Waals surface area contributed by atoms with Gasteiger partial charge in [0.15, 0.2) is 0 Å². The number of ether oxygens (including phenoxy) is 1. The molecule has 3 aromatic rings. The van der Waals surface area contributed by atoms with E-state index in [1.165, 1.54) is 41.1 Å². The van der Waals surface area contributed by atoms with Gasteiger partial charge in [-0.2, -0.15) is 5.26 Å². The third-order valence-electron chi connectivity index (χ3n) is 6.32. The van der Waals surface area contributed by atoms with Crippen LogP contribution in [0.5, 0.6) is 0 Å². The van der Waals surface area contributed by atoms with Gasteiger partial charge in [-0.3, -0.25) is 14.4 Å². The Labute approximate surface area is 227 Å². The van der Waals surface area contributed by atoms with Crippen LogP contribution in [0.1, 0.15) is 47.6 Å². The molecule has 0 aliphatic carbocycles. The number of amides is 2. The molecule has 1 fully saturated rings. The van der Waals surface area contributed by atoms with Crippen LogP contribution in [0.25, 0.3) is 11.1 Å². The molecule has 3 N–H and O–H groups in total. The molecule has 2 aromatic carbocycles. The highest BCUT2D eigenvalue weighted by Gasteiger charge is 2.28. The number of nitriles is 1. The van der Waals surface area contributed by atoms with Gasteiger partial charge in [0.2, 0.25) is 5.91 Å². The summed E-state index contributed by atoms with van der Waals surface area (Å²) in [6.07, 6.45) is 3.76. The fraction of sp³-hybridized carbons (Fsp3) is 0.259. The van der Waals surface area contributed by atoms with Crippen molar-refractivity contribution in [1.29, 1.82) is 5.26 Å². The molecule has 4 rings (SSSR count). The molecule has 1 aliphatic heterocycles. The largest absolute Gasteiger partial charge is 0.378 e. The number of anilines is 1. The van der Waals surface area contributed by atoms with Gasteiger partial charge < -0.3 is 20.4 Å². The maximum atomic E-state index is 14.3. The molecule has 0 radical (unpaired) electrons. The molecule has 196 valence electrons. The number of nitrogens with two attached hydrogens (primary N) is 1. The lowest BCUT2D eigenvalue weighted by Crippen LogP contribution is -2.36. The van der Waals surface area contributed by atoms with Gasteiger partial charge in [0.1, 0.15) is 11.9 Å². The van der Waals surface area contributed by atoms with E-state index in [1.807, 2.05) is 0 Å². The minimum Gasteiger partial charge on any atom is -0.378 e. The van der Waals surface area contributed by atoms with E-state index in [2.05, 4.69) is 11.4 Å². The van der Waals surface area contributed by atoms with Crippen LogP contribution in [-0.4, -0.2) is 29.1 Å². The van der Waals surface area contributed by atoms with Crippen molar-refractivity contribution >= 4 is 40.7 Å². The van der Waals surface area contributed by atoms with Crippen LogP contribution in [0, 0.1) is 17.1 Å². The molecule has 0 bridgehead atoms. The quantitative estimate of drug-likeness (QED) is 0.419. The van der Waals surface area contributed by atoms with E-state index < -0.39 is 29.2 Å². The minimum atomic E-state index is -1.05. The topological polar surface area (TPSA) is 127 Å². The highest BCUT2D eigenvalue weighted by atomic mass is 35.5. The predicted molar refractivity (Wildman–Crippen MR) is 142 cm³/mol. The van der Waals surface area contributed by atoms with Crippen molar-refractivity contribution < 1.29 is 18.7 Å².